The third-order valence-electron chi connectivity index (χ3n) is 3.61. The van der Waals surface area contributed by atoms with Gasteiger partial charge in [-0.15, -0.1) is 0 Å². The van der Waals surface area contributed by atoms with Crippen molar-refractivity contribution < 1.29 is 27.5 Å². The molecule has 2 rings (SSSR count). The molecule has 1 atom stereocenters. The number of carbonyl (C=O) groups excluding carboxylic acids is 2. The molecular weight excluding hydrogens is 325 g/mol. The molecule has 0 unspecified atom stereocenters. The van der Waals surface area contributed by atoms with E-state index < -0.39 is 30.5 Å². The monoisotopic (exact) mass is 344 g/mol. The maximum absolute atomic E-state index is 12.3. The van der Waals surface area contributed by atoms with Crippen molar-refractivity contribution in [1.29, 1.82) is 0 Å². The molecule has 0 aromatic heterocycles. The van der Waals surface area contributed by atoms with Crippen LogP contribution in [0.2, 0.25) is 0 Å². The molecule has 0 radical (unpaired) electrons. The molecule has 132 valence electrons. The van der Waals surface area contributed by atoms with E-state index in [0.29, 0.717) is 10.6 Å². The number of alkyl halides is 3. The molecule has 0 bridgehead atoms. The fourth-order valence-corrected chi connectivity index (χ4v) is 2.51. The smallest absolute Gasteiger partial charge is 0.406 e. The number of rotatable bonds is 6. The SMILES string of the molecule is Cc1cccc(OCCNC(=O)[C@H]2CC(=O)N(CC(F)(F)F)C2)c1. The highest BCUT2D eigenvalue weighted by Gasteiger charge is 2.40. The first-order valence-electron chi connectivity index (χ1n) is 7.56. The maximum atomic E-state index is 12.3. The predicted octanol–water partition coefficient (Wildman–Crippen LogP) is 1.90. The van der Waals surface area contributed by atoms with Crippen molar-refractivity contribution in [3.8, 4) is 5.75 Å². The van der Waals surface area contributed by atoms with Gasteiger partial charge in [-0.25, -0.2) is 0 Å². The number of halogens is 3. The van der Waals surface area contributed by atoms with Gasteiger partial charge in [-0.2, -0.15) is 13.2 Å². The van der Waals surface area contributed by atoms with Crippen LogP contribution in [0, 0.1) is 12.8 Å². The molecule has 5 nitrogen and oxygen atoms in total. The van der Waals surface area contributed by atoms with Gasteiger partial charge in [-0.05, 0) is 24.6 Å². The first kappa shape index (κ1) is 18.1. The van der Waals surface area contributed by atoms with Gasteiger partial charge < -0.3 is 15.0 Å². The molecular formula is C16H19F3N2O3. The molecule has 1 fully saturated rings. The summed E-state index contributed by atoms with van der Waals surface area (Å²) < 4.78 is 42.5. The van der Waals surface area contributed by atoms with Gasteiger partial charge >= 0.3 is 6.18 Å². The molecule has 0 saturated carbocycles. The molecule has 1 aromatic rings. The Balaban J connectivity index is 1.72. The zero-order valence-corrected chi connectivity index (χ0v) is 13.2. The van der Waals surface area contributed by atoms with Crippen LogP contribution >= 0.6 is 0 Å². The van der Waals surface area contributed by atoms with Crippen molar-refractivity contribution in [2.75, 3.05) is 26.2 Å². The second-order valence-electron chi connectivity index (χ2n) is 5.75. The molecule has 1 aliphatic heterocycles. The van der Waals surface area contributed by atoms with Crippen LogP contribution in [-0.2, 0) is 9.59 Å². The molecule has 8 heteroatoms. The zero-order chi connectivity index (χ0) is 17.7. The lowest BCUT2D eigenvalue weighted by Crippen LogP contribution is -2.38. The summed E-state index contributed by atoms with van der Waals surface area (Å²) in [6, 6.07) is 7.42. The molecule has 1 aromatic carbocycles. The highest BCUT2D eigenvalue weighted by atomic mass is 19.4. The average molecular weight is 344 g/mol. The first-order valence-corrected chi connectivity index (χ1v) is 7.56. The summed E-state index contributed by atoms with van der Waals surface area (Å²) in [4.78, 5) is 24.1. The lowest BCUT2D eigenvalue weighted by molar-refractivity contribution is -0.157. The Morgan fingerprint density at radius 3 is 2.83 bits per heavy atom. The van der Waals surface area contributed by atoms with Crippen LogP contribution in [0.15, 0.2) is 24.3 Å². The maximum Gasteiger partial charge on any atom is 0.406 e. The van der Waals surface area contributed by atoms with Gasteiger partial charge in [0.1, 0.15) is 18.9 Å². The molecule has 1 saturated heterocycles. The molecule has 24 heavy (non-hydrogen) atoms. The van der Waals surface area contributed by atoms with E-state index in [1.807, 2.05) is 25.1 Å². The van der Waals surface area contributed by atoms with Crippen LogP contribution in [0.4, 0.5) is 13.2 Å². The quantitative estimate of drug-likeness (QED) is 0.802. The van der Waals surface area contributed by atoms with E-state index in [-0.39, 0.29) is 26.1 Å². The van der Waals surface area contributed by atoms with Gasteiger partial charge in [-0.1, -0.05) is 12.1 Å². The van der Waals surface area contributed by atoms with E-state index in [9.17, 15) is 22.8 Å². The number of benzene rings is 1. The number of aryl methyl sites for hydroxylation is 1. The van der Waals surface area contributed by atoms with Crippen molar-refractivity contribution in [1.82, 2.24) is 10.2 Å². The van der Waals surface area contributed by atoms with Crippen molar-refractivity contribution in [2.45, 2.75) is 19.5 Å². The van der Waals surface area contributed by atoms with E-state index >= 15 is 0 Å². The summed E-state index contributed by atoms with van der Waals surface area (Å²) in [6.45, 7) is 0.867. The highest BCUT2D eigenvalue weighted by Crippen LogP contribution is 2.23. The largest absolute Gasteiger partial charge is 0.492 e. The topological polar surface area (TPSA) is 58.6 Å². The summed E-state index contributed by atoms with van der Waals surface area (Å²) >= 11 is 0. The summed E-state index contributed by atoms with van der Waals surface area (Å²) in [5, 5.41) is 2.59. The number of nitrogens with one attached hydrogen (secondary N) is 1. The fraction of sp³-hybridized carbons (Fsp3) is 0.500. The molecule has 0 spiro atoms. The third-order valence-corrected chi connectivity index (χ3v) is 3.61. The number of amides is 2. The van der Waals surface area contributed by atoms with Gasteiger partial charge in [0.15, 0.2) is 0 Å². The van der Waals surface area contributed by atoms with E-state index in [2.05, 4.69) is 5.32 Å². The first-order chi connectivity index (χ1) is 11.2. The van der Waals surface area contributed by atoms with Crippen molar-refractivity contribution >= 4 is 11.8 Å². The minimum absolute atomic E-state index is 0.194. The minimum atomic E-state index is -4.46. The Hall–Kier alpha value is -2.25. The van der Waals surface area contributed by atoms with Crippen molar-refractivity contribution in [2.24, 2.45) is 5.92 Å². The minimum Gasteiger partial charge on any atom is -0.492 e. The lowest BCUT2D eigenvalue weighted by atomic mass is 10.1. The number of likely N-dealkylation sites (tertiary alicyclic amines) is 1. The molecule has 1 heterocycles. The van der Waals surface area contributed by atoms with Gasteiger partial charge in [0, 0.05) is 13.0 Å². The summed E-state index contributed by atoms with van der Waals surface area (Å²) in [6.07, 6.45) is -4.65. The molecule has 0 aliphatic carbocycles. The molecule has 1 aliphatic rings. The van der Waals surface area contributed by atoms with Crippen LogP contribution in [-0.4, -0.2) is 49.1 Å². The number of hydrogen-bond acceptors (Lipinski definition) is 3. The average Bonchev–Trinajstić information content (AvgIpc) is 2.83. The Morgan fingerprint density at radius 1 is 1.42 bits per heavy atom. The van der Waals surface area contributed by atoms with E-state index in [0.717, 1.165) is 5.56 Å². The predicted molar refractivity (Wildman–Crippen MR) is 80.4 cm³/mol. The van der Waals surface area contributed by atoms with Crippen molar-refractivity contribution in [3.63, 3.8) is 0 Å². The summed E-state index contributed by atoms with van der Waals surface area (Å²) in [7, 11) is 0. The van der Waals surface area contributed by atoms with E-state index in [1.165, 1.54) is 0 Å². The van der Waals surface area contributed by atoms with Crippen molar-refractivity contribution in [3.05, 3.63) is 29.8 Å². The van der Waals surface area contributed by atoms with E-state index in [4.69, 9.17) is 4.74 Å². The fourth-order valence-electron chi connectivity index (χ4n) is 2.51. The number of carbonyl (C=O) groups is 2. The number of hydrogen-bond donors (Lipinski definition) is 1. The van der Waals surface area contributed by atoms with Crippen LogP contribution in [0.1, 0.15) is 12.0 Å². The Kier molecular flexibility index (Phi) is 5.69. The van der Waals surface area contributed by atoms with Crippen LogP contribution in [0.3, 0.4) is 0 Å². The lowest BCUT2D eigenvalue weighted by Gasteiger charge is -2.18. The summed E-state index contributed by atoms with van der Waals surface area (Å²) in [5.74, 6) is -1.15. The van der Waals surface area contributed by atoms with Crippen LogP contribution in [0.25, 0.3) is 0 Å². The standard InChI is InChI=1S/C16H19F3N2O3/c1-11-3-2-4-13(7-11)24-6-5-20-15(23)12-8-14(22)21(9-12)10-16(17,18)19/h2-4,7,12H,5-6,8-10H2,1H3,(H,20,23)/t12-/m0/s1. The van der Waals surface area contributed by atoms with Crippen LogP contribution in [0.5, 0.6) is 5.75 Å². The van der Waals surface area contributed by atoms with Gasteiger partial charge in [0.25, 0.3) is 0 Å². The Morgan fingerprint density at radius 2 is 2.17 bits per heavy atom. The third kappa shape index (κ3) is 5.43. The highest BCUT2D eigenvalue weighted by molar-refractivity contribution is 5.89. The molecule has 1 N–H and O–H groups in total. The summed E-state index contributed by atoms with van der Waals surface area (Å²) in [5.41, 5.74) is 1.05. The number of ether oxygens (including phenoxy) is 1. The van der Waals surface area contributed by atoms with Crippen LogP contribution < -0.4 is 10.1 Å². The Bertz CT molecular complexity index is 604. The second-order valence-corrected chi connectivity index (χ2v) is 5.75. The van der Waals surface area contributed by atoms with Gasteiger partial charge in [0.2, 0.25) is 11.8 Å². The van der Waals surface area contributed by atoms with Gasteiger partial charge in [0.05, 0.1) is 12.5 Å². The number of nitrogens with zero attached hydrogens (tertiary/aromatic N) is 1. The second kappa shape index (κ2) is 7.55. The van der Waals surface area contributed by atoms with E-state index in [1.54, 1.807) is 6.07 Å². The van der Waals surface area contributed by atoms with Gasteiger partial charge in [-0.3, -0.25) is 9.59 Å². The zero-order valence-electron chi connectivity index (χ0n) is 13.2. The Labute approximate surface area is 137 Å². The normalized spacial score (nSPS) is 17.9. The molecule has 2 amide bonds.